The number of rotatable bonds is 4. The number of carboxylic acids is 1. The van der Waals surface area contributed by atoms with Gasteiger partial charge in [0.15, 0.2) is 9.84 Å². The predicted octanol–water partition coefficient (Wildman–Crippen LogP) is 2.52. The fraction of sp³-hybridized carbons (Fsp3) is 0.0769. The Morgan fingerprint density at radius 3 is 2.30 bits per heavy atom. The van der Waals surface area contributed by atoms with Gasteiger partial charge in [-0.15, -0.1) is 0 Å². The number of pyridine rings is 1. The van der Waals surface area contributed by atoms with Gasteiger partial charge in [0.25, 0.3) is 0 Å². The Balaban J connectivity index is 2.26. The molecule has 20 heavy (non-hydrogen) atoms. The molecule has 1 heterocycles. The first-order valence-electron chi connectivity index (χ1n) is 5.55. The van der Waals surface area contributed by atoms with Crippen molar-refractivity contribution >= 4 is 31.7 Å². The molecule has 0 spiro atoms. The molecule has 0 aliphatic carbocycles. The zero-order chi connectivity index (χ0) is 14.8. The van der Waals surface area contributed by atoms with E-state index in [4.69, 9.17) is 5.11 Å². The summed E-state index contributed by atoms with van der Waals surface area (Å²) in [5.41, 5.74) is 0.473. The van der Waals surface area contributed by atoms with Gasteiger partial charge in [0, 0.05) is 10.7 Å². The molecule has 7 heteroatoms. The van der Waals surface area contributed by atoms with Crippen molar-refractivity contribution in [3.63, 3.8) is 0 Å². The first-order valence-corrected chi connectivity index (χ1v) is 7.99. The number of halogens is 1. The number of benzene rings is 1. The second-order valence-electron chi connectivity index (χ2n) is 4.06. The van der Waals surface area contributed by atoms with Crippen molar-refractivity contribution in [1.82, 2.24) is 4.98 Å². The lowest BCUT2D eigenvalue weighted by Crippen LogP contribution is -2.07. The van der Waals surface area contributed by atoms with E-state index in [1.165, 1.54) is 30.5 Å². The fourth-order valence-corrected chi connectivity index (χ4v) is 3.09. The molecule has 5 nitrogen and oxygen atoms in total. The number of carbonyl (C=O) groups is 1. The van der Waals surface area contributed by atoms with E-state index in [1.54, 1.807) is 12.1 Å². The lowest BCUT2D eigenvalue weighted by molar-refractivity contribution is 0.0696. The van der Waals surface area contributed by atoms with Gasteiger partial charge in [-0.25, -0.2) is 13.2 Å². The summed E-state index contributed by atoms with van der Waals surface area (Å²) in [6.07, 6.45) is 1.53. The van der Waals surface area contributed by atoms with Crippen LogP contribution in [0.1, 0.15) is 16.1 Å². The Morgan fingerprint density at radius 2 is 1.80 bits per heavy atom. The van der Waals surface area contributed by atoms with Gasteiger partial charge in [0.05, 0.1) is 21.9 Å². The van der Waals surface area contributed by atoms with Crippen LogP contribution in [0.25, 0.3) is 0 Å². The molecule has 0 unspecified atom stereocenters. The van der Waals surface area contributed by atoms with Crippen LogP contribution >= 0.6 is 15.9 Å². The highest BCUT2D eigenvalue weighted by molar-refractivity contribution is 9.10. The number of aromatic carboxylic acids is 1. The van der Waals surface area contributed by atoms with Crippen molar-refractivity contribution < 1.29 is 18.3 Å². The summed E-state index contributed by atoms with van der Waals surface area (Å²) in [4.78, 5) is 14.8. The topological polar surface area (TPSA) is 84.3 Å². The fourth-order valence-electron chi connectivity index (χ4n) is 1.57. The maximum atomic E-state index is 12.2. The molecule has 1 N–H and O–H groups in total. The average molecular weight is 356 g/mol. The largest absolute Gasteiger partial charge is 0.478 e. The average Bonchev–Trinajstić information content (AvgIpc) is 2.41. The summed E-state index contributed by atoms with van der Waals surface area (Å²) in [5, 5.41) is 8.78. The Bertz CT molecular complexity index is 724. The van der Waals surface area contributed by atoms with Crippen LogP contribution in [0.15, 0.2) is 52.0 Å². The van der Waals surface area contributed by atoms with Gasteiger partial charge in [-0.05, 0) is 52.3 Å². The minimum Gasteiger partial charge on any atom is -0.478 e. The van der Waals surface area contributed by atoms with Gasteiger partial charge in [0.2, 0.25) is 0 Å². The Morgan fingerprint density at radius 1 is 1.15 bits per heavy atom. The van der Waals surface area contributed by atoms with Crippen LogP contribution in [0, 0.1) is 0 Å². The highest BCUT2D eigenvalue weighted by atomic mass is 79.9. The third-order valence-electron chi connectivity index (χ3n) is 2.59. The van der Waals surface area contributed by atoms with E-state index in [0.29, 0.717) is 5.69 Å². The maximum Gasteiger partial charge on any atom is 0.335 e. The van der Waals surface area contributed by atoms with E-state index in [-0.39, 0.29) is 16.2 Å². The van der Waals surface area contributed by atoms with Crippen LogP contribution < -0.4 is 0 Å². The van der Waals surface area contributed by atoms with Crippen molar-refractivity contribution in [3.8, 4) is 0 Å². The molecular formula is C13H10BrNO4S. The third-order valence-corrected chi connectivity index (χ3v) is 4.72. The summed E-state index contributed by atoms with van der Waals surface area (Å²) in [5.74, 6) is -1.32. The molecule has 0 radical (unpaired) electrons. The smallest absolute Gasteiger partial charge is 0.335 e. The Labute approximate surface area is 124 Å². The summed E-state index contributed by atoms with van der Waals surface area (Å²) in [6.45, 7) is 0. The molecule has 0 aliphatic heterocycles. The van der Waals surface area contributed by atoms with E-state index >= 15 is 0 Å². The third kappa shape index (κ3) is 3.43. The normalized spacial score (nSPS) is 11.2. The Kier molecular flexibility index (Phi) is 4.20. The minimum atomic E-state index is -3.54. The number of hydrogen-bond acceptors (Lipinski definition) is 4. The SMILES string of the molecule is O=C(O)c1ccc(S(=O)(=O)Cc2ccc(Br)cn2)cc1. The molecule has 2 aromatic rings. The van der Waals surface area contributed by atoms with Gasteiger partial charge in [-0.3, -0.25) is 4.98 Å². The molecule has 1 aromatic carbocycles. The molecule has 0 amide bonds. The number of aromatic nitrogens is 1. The zero-order valence-corrected chi connectivity index (χ0v) is 12.6. The van der Waals surface area contributed by atoms with Crippen LogP contribution in [0.4, 0.5) is 0 Å². The molecular weight excluding hydrogens is 346 g/mol. The van der Waals surface area contributed by atoms with Crippen molar-refractivity contribution in [3.05, 3.63) is 58.3 Å². The van der Waals surface area contributed by atoms with Crippen molar-refractivity contribution in [2.45, 2.75) is 10.6 Å². The highest BCUT2D eigenvalue weighted by Crippen LogP contribution is 2.17. The summed E-state index contributed by atoms with van der Waals surface area (Å²) in [7, 11) is -3.54. The Hall–Kier alpha value is -1.73. The van der Waals surface area contributed by atoms with Crippen LogP contribution in [-0.2, 0) is 15.6 Å². The molecule has 0 saturated heterocycles. The number of sulfone groups is 1. The lowest BCUT2D eigenvalue weighted by atomic mass is 10.2. The first-order chi connectivity index (χ1) is 9.38. The van der Waals surface area contributed by atoms with E-state index in [1.807, 2.05) is 0 Å². The lowest BCUT2D eigenvalue weighted by Gasteiger charge is -2.04. The zero-order valence-electron chi connectivity index (χ0n) is 10.2. The van der Waals surface area contributed by atoms with E-state index in [9.17, 15) is 13.2 Å². The van der Waals surface area contributed by atoms with Gasteiger partial charge < -0.3 is 5.11 Å². The maximum absolute atomic E-state index is 12.2. The second kappa shape index (κ2) is 5.72. The van der Waals surface area contributed by atoms with Gasteiger partial charge in [0.1, 0.15) is 0 Å². The quantitative estimate of drug-likeness (QED) is 0.910. The first kappa shape index (κ1) is 14.7. The van der Waals surface area contributed by atoms with Crippen LogP contribution in [-0.4, -0.2) is 24.5 Å². The number of nitrogens with zero attached hydrogens (tertiary/aromatic N) is 1. The van der Waals surface area contributed by atoms with Crippen LogP contribution in [0.5, 0.6) is 0 Å². The van der Waals surface area contributed by atoms with Crippen molar-refractivity contribution in [2.24, 2.45) is 0 Å². The van der Waals surface area contributed by atoms with Crippen LogP contribution in [0.2, 0.25) is 0 Å². The second-order valence-corrected chi connectivity index (χ2v) is 6.96. The summed E-state index contributed by atoms with van der Waals surface area (Å²) < 4.78 is 25.1. The molecule has 1 aromatic heterocycles. The summed E-state index contributed by atoms with van der Waals surface area (Å²) >= 11 is 3.22. The number of carboxylic acid groups (broad SMARTS) is 1. The molecule has 2 rings (SSSR count). The molecule has 104 valence electrons. The van der Waals surface area contributed by atoms with E-state index in [2.05, 4.69) is 20.9 Å². The number of hydrogen-bond donors (Lipinski definition) is 1. The molecule has 0 fully saturated rings. The monoisotopic (exact) mass is 355 g/mol. The van der Waals surface area contributed by atoms with Gasteiger partial charge >= 0.3 is 5.97 Å². The van der Waals surface area contributed by atoms with E-state index < -0.39 is 15.8 Å². The highest BCUT2D eigenvalue weighted by Gasteiger charge is 2.16. The predicted molar refractivity (Wildman–Crippen MR) is 76.2 cm³/mol. The van der Waals surface area contributed by atoms with Gasteiger partial charge in [-0.1, -0.05) is 0 Å². The molecule has 0 atom stereocenters. The molecule has 0 bridgehead atoms. The standard InChI is InChI=1S/C13H10BrNO4S/c14-10-3-4-11(15-7-10)8-20(18,19)12-5-1-9(2-6-12)13(16)17/h1-7H,8H2,(H,16,17). The molecule has 0 saturated carbocycles. The molecule has 0 aliphatic rings. The van der Waals surface area contributed by atoms with Crippen molar-refractivity contribution in [2.75, 3.05) is 0 Å². The van der Waals surface area contributed by atoms with E-state index in [0.717, 1.165) is 4.47 Å². The van der Waals surface area contributed by atoms with Crippen LogP contribution in [0.3, 0.4) is 0 Å². The minimum absolute atomic E-state index is 0.0470. The van der Waals surface area contributed by atoms with Crippen molar-refractivity contribution in [1.29, 1.82) is 0 Å². The summed E-state index contributed by atoms with van der Waals surface area (Å²) in [6, 6.07) is 8.45. The van der Waals surface area contributed by atoms with Gasteiger partial charge in [-0.2, -0.15) is 0 Å².